The predicted molar refractivity (Wildman–Crippen MR) is 131 cm³/mol. The maximum atomic E-state index is 12.2. The van der Waals surface area contributed by atoms with Crippen molar-refractivity contribution in [2.24, 2.45) is 5.16 Å². The van der Waals surface area contributed by atoms with E-state index in [1.807, 2.05) is 31.2 Å². The van der Waals surface area contributed by atoms with Gasteiger partial charge in [-0.2, -0.15) is 0 Å². The summed E-state index contributed by atoms with van der Waals surface area (Å²) in [5.41, 5.74) is 3.04. The smallest absolute Gasteiger partial charge is 0.269 e. The molecule has 3 aromatic rings. The summed E-state index contributed by atoms with van der Waals surface area (Å²) in [4.78, 5) is 27.9. The van der Waals surface area contributed by atoms with Crippen molar-refractivity contribution in [2.45, 2.75) is 13.5 Å². The zero-order valence-corrected chi connectivity index (χ0v) is 20.1. The van der Waals surface area contributed by atoms with Crippen LogP contribution in [0.5, 0.6) is 11.5 Å². The fourth-order valence-electron chi connectivity index (χ4n) is 2.87. The average Bonchev–Trinajstić information content (AvgIpc) is 2.83. The normalized spacial score (nSPS) is 10.7. The number of halogens is 1. The minimum absolute atomic E-state index is 0.0132. The van der Waals surface area contributed by atoms with Crippen LogP contribution in [-0.2, 0) is 16.2 Å². The molecule has 0 aliphatic rings. The van der Waals surface area contributed by atoms with Crippen LogP contribution in [0.25, 0.3) is 0 Å². The number of hydrogen-bond acceptors (Lipinski definition) is 7. The van der Waals surface area contributed by atoms with Gasteiger partial charge in [-0.05, 0) is 52.7 Å². The lowest BCUT2D eigenvalue weighted by atomic mass is 10.2. The number of rotatable bonds is 10. The Bertz CT molecular complexity index is 1200. The number of anilines is 1. The number of non-ortho nitro benzene ring substituents is 1. The number of nitro benzene ring substituents is 1. The molecule has 0 radical (unpaired) electrons. The number of carbonyl (C=O) groups excluding carboxylic acids is 1. The molecule has 9 nitrogen and oxygen atoms in total. The Morgan fingerprint density at radius 3 is 2.62 bits per heavy atom. The minimum atomic E-state index is -0.466. The molecule has 0 fully saturated rings. The van der Waals surface area contributed by atoms with Gasteiger partial charge in [-0.25, -0.2) is 0 Å². The number of nitrogens with one attached hydrogen (secondary N) is 1. The van der Waals surface area contributed by atoms with Gasteiger partial charge in [0.25, 0.3) is 11.6 Å². The summed E-state index contributed by atoms with van der Waals surface area (Å²) in [6.07, 6.45) is 1.47. The van der Waals surface area contributed by atoms with Crippen molar-refractivity contribution in [3.05, 3.63) is 91.9 Å². The van der Waals surface area contributed by atoms with Crippen LogP contribution in [0.4, 0.5) is 11.4 Å². The summed E-state index contributed by atoms with van der Waals surface area (Å²) >= 11 is 3.44. The number of hydrogen-bond donors (Lipinski definition) is 1. The van der Waals surface area contributed by atoms with Crippen LogP contribution in [-0.4, -0.2) is 30.8 Å². The van der Waals surface area contributed by atoms with Crippen molar-refractivity contribution in [1.82, 2.24) is 0 Å². The number of carbonyl (C=O) groups is 1. The quantitative estimate of drug-likeness (QED) is 0.219. The lowest BCUT2D eigenvalue weighted by Gasteiger charge is -2.13. The first kappa shape index (κ1) is 24.7. The van der Waals surface area contributed by atoms with Gasteiger partial charge in [0, 0.05) is 27.9 Å². The Morgan fingerprint density at radius 1 is 1.15 bits per heavy atom. The number of benzene rings is 3. The van der Waals surface area contributed by atoms with Crippen molar-refractivity contribution in [3.8, 4) is 11.5 Å². The average molecular weight is 528 g/mol. The standard InChI is InChI=1S/C24H22BrN3O6/c1-16-6-8-19(9-7-16)27-24(29)15-33-23-12-21(25)18(11-22(23)32-2)13-26-34-14-17-4-3-5-20(10-17)28(30)31/h3-13H,14-15H2,1-2H3,(H,27,29)/b26-13-. The van der Waals surface area contributed by atoms with Gasteiger partial charge < -0.3 is 19.6 Å². The van der Waals surface area contributed by atoms with Gasteiger partial charge in [0.2, 0.25) is 0 Å². The molecule has 3 rings (SSSR count). The second-order valence-corrected chi connectivity index (χ2v) is 8.02. The van der Waals surface area contributed by atoms with Gasteiger partial charge in [-0.3, -0.25) is 14.9 Å². The van der Waals surface area contributed by atoms with Crippen LogP contribution in [0.1, 0.15) is 16.7 Å². The van der Waals surface area contributed by atoms with E-state index in [1.54, 1.807) is 24.3 Å². The molecule has 1 amide bonds. The van der Waals surface area contributed by atoms with Gasteiger partial charge in [-0.15, -0.1) is 0 Å². The molecule has 0 aliphatic carbocycles. The lowest BCUT2D eigenvalue weighted by Crippen LogP contribution is -2.20. The lowest BCUT2D eigenvalue weighted by molar-refractivity contribution is -0.384. The third-order valence-corrected chi connectivity index (χ3v) is 5.28. The number of amides is 1. The number of oxime groups is 1. The Balaban J connectivity index is 1.59. The van der Waals surface area contributed by atoms with Gasteiger partial charge in [0.05, 0.1) is 18.2 Å². The number of methoxy groups -OCH3 is 1. The minimum Gasteiger partial charge on any atom is -0.493 e. The highest BCUT2D eigenvalue weighted by Gasteiger charge is 2.12. The Labute approximate surface area is 204 Å². The first-order chi connectivity index (χ1) is 16.4. The Morgan fingerprint density at radius 2 is 1.91 bits per heavy atom. The van der Waals surface area contributed by atoms with Gasteiger partial charge in [-0.1, -0.05) is 35.0 Å². The first-order valence-electron chi connectivity index (χ1n) is 10.1. The molecule has 34 heavy (non-hydrogen) atoms. The highest BCUT2D eigenvalue weighted by Crippen LogP contribution is 2.33. The maximum Gasteiger partial charge on any atom is 0.269 e. The first-order valence-corrected chi connectivity index (χ1v) is 10.9. The molecule has 1 N–H and O–H groups in total. The number of ether oxygens (including phenoxy) is 2. The van der Waals surface area contributed by atoms with Crippen LogP contribution >= 0.6 is 15.9 Å². The summed E-state index contributed by atoms with van der Waals surface area (Å²) in [6.45, 7) is 1.84. The van der Waals surface area contributed by atoms with Gasteiger partial charge >= 0.3 is 0 Å². The molecule has 0 heterocycles. The van der Waals surface area contributed by atoms with Crippen molar-refractivity contribution < 1.29 is 24.0 Å². The maximum absolute atomic E-state index is 12.2. The van der Waals surface area contributed by atoms with Gasteiger partial charge in [0.1, 0.15) is 6.61 Å². The summed E-state index contributed by atoms with van der Waals surface area (Å²) in [7, 11) is 1.49. The van der Waals surface area contributed by atoms with Crippen LogP contribution in [0.3, 0.4) is 0 Å². The van der Waals surface area contributed by atoms with Crippen LogP contribution in [0, 0.1) is 17.0 Å². The van der Waals surface area contributed by atoms with Gasteiger partial charge in [0.15, 0.2) is 18.1 Å². The molecule has 0 saturated carbocycles. The van der Waals surface area contributed by atoms with E-state index in [4.69, 9.17) is 14.3 Å². The number of nitro groups is 1. The van der Waals surface area contributed by atoms with E-state index in [2.05, 4.69) is 26.4 Å². The SMILES string of the molecule is COc1cc(/C=N\OCc2cccc([N+](=O)[O-])c2)c(Br)cc1OCC(=O)Nc1ccc(C)cc1. The van der Waals surface area contributed by atoms with E-state index in [-0.39, 0.29) is 24.8 Å². The molecular formula is C24H22BrN3O6. The molecule has 176 valence electrons. The fraction of sp³-hybridized carbons (Fsp3) is 0.167. The van der Waals surface area contributed by atoms with Crippen molar-refractivity contribution in [3.63, 3.8) is 0 Å². The van der Waals surface area contributed by atoms with E-state index >= 15 is 0 Å². The molecule has 0 bridgehead atoms. The molecule has 3 aromatic carbocycles. The van der Waals surface area contributed by atoms with Crippen LogP contribution in [0.15, 0.2) is 70.3 Å². The zero-order chi connectivity index (χ0) is 24.5. The summed E-state index contributed by atoms with van der Waals surface area (Å²) in [5.74, 6) is 0.483. The third-order valence-electron chi connectivity index (χ3n) is 4.60. The fourth-order valence-corrected chi connectivity index (χ4v) is 3.29. The summed E-state index contributed by atoms with van der Waals surface area (Å²) in [5, 5.41) is 17.5. The number of nitrogens with zero attached hydrogens (tertiary/aromatic N) is 2. The molecule has 0 atom stereocenters. The second kappa shape index (κ2) is 11.8. The molecular weight excluding hydrogens is 506 g/mol. The molecule has 10 heteroatoms. The Kier molecular flexibility index (Phi) is 8.58. The van der Waals surface area contributed by atoms with E-state index in [1.165, 1.54) is 25.5 Å². The molecule has 0 unspecified atom stereocenters. The Hall–Kier alpha value is -3.92. The van der Waals surface area contributed by atoms with Crippen LogP contribution in [0.2, 0.25) is 0 Å². The van der Waals surface area contributed by atoms with E-state index in [9.17, 15) is 14.9 Å². The largest absolute Gasteiger partial charge is 0.493 e. The zero-order valence-electron chi connectivity index (χ0n) is 18.5. The van der Waals surface area contributed by atoms with E-state index in [0.29, 0.717) is 32.8 Å². The highest BCUT2D eigenvalue weighted by atomic mass is 79.9. The van der Waals surface area contributed by atoms with Crippen molar-refractivity contribution >= 4 is 39.4 Å². The van der Waals surface area contributed by atoms with E-state index in [0.717, 1.165) is 5.56 Å². The second-order valence-electron chi connectivity index (χ2n) is 7.16. The third kappa shape index (κ3) is 7.04. The van der Waals surface area contributed by atoms with E-state index < -0.39 is 4.92 Å². The molecule has 0 spiro atoms. The predicted octanol–water partition coefficient (Wildman–Crippen LogP) is 5.24. The monoisotopic (exact) mass is 527 g/mol. The molecule has 0 saturated heterocycles. The van der Waals surface area contributed by atoms with Crippen molar-refractivity contribution in [2.75, 3.05) is 19.0 Å². The molecule has 0 aliphatic heterocycles. The summed E-state index contributed by atoms with van der Waals surface area (Å²) < 4.78 is 11.7. The van der Waals surface area contributed by atoms with Crippen molar-refractivity contribution in [1.29, 1.82) is 0 Å². The molecule has 0 aromatic heterocycles. The summed E-state index contributed by atoms with van der Waals surface area (Å²) in [6, 6.07) is 16.9. The highest BCUT2D eigenvalue weighted by molar-refractivity contribution is 9.10. The number of aryl methyl sites for hydroxylation is 1. The topological polar surface area (TPSA) is 112 Å². The van der Waals surface area contributed by atoms with Crippen LogP contribution < -0.4 is 14.8 Å².